The van der Waals surface area contributed by atoms with E-state index in [1.807, 2.05) is 17.8 Å². The quantitative estimate of drug-likeness (QED) is 0.869. The Morgan fingerprint density at radius 2 is 2.16 bits per heavy atom. The van der Waals surface area contributed by atoms with Gasteiger partial charge in [0.05, 0.1) is 17.9 Å². The van der Waals surface area contributed by atoms with E-state index in [9.17, 15) is 0 Å². The van der Waals surface area contributed by atoms with Crippen molar-refractivity contribution in [2.24, 2.45) is 0 Å². The molecule has 0 aliphatic heterocycles. The van der Waals surface area contributed by atoms with Gasteiger partial charge in [0.1, 0.15) is 5.82 Å². The molecule has 1 atom stereocenters. The Labute approximate surface area is 114 Å². The largest absolute Gasteiger partial charge is 0.365 e. The zero-order chi connectivity index (χ0) is 13.8. The van der Waals surface area contributed by atoms with Crippen molar-refractivity contribution in [2.45, 2.75) is 53.2 Å². The van der Waals surface area contributed by atoms with Gasteiger partial charge in [0.25, 0.3) is 0 Å². The standard InChI is InChI=1S/C14H23N5/c1-5-12(4)19-13(7-8-16-19)10-15-14-9-11(3)17-18(14)6-2/h7-9,12,15H,5-6,10H2,1-4H3. The highest BCUT2D eigenvalue weighted by Gasteiger charge is 2.09. The van der Waals surface area contributed by atoms with Crippen molar-refractivity contribution >= 4 is 5.82 Å². The average Bonchev–Trinajstić information content (AvgIpc) is 3.01. The van der Waals surface area contributed by atoms with Crippen LogP contribution in [0.15, 0.2) is 18.3 Å². The molecule has 2 aromatic rings. The van der Waals surface area contributed by atoms with Crippen molar-refractivity contribution in [3.8, 4) is 0 Å². The van der Waals surface area contributed by atoms with Crippen molar-refractivity contribution in [3.05, 3.63) is 29.7 Å². The molecule has 2 aromatic heterocycles. The van der Waals surface area contributed by atoms with Crippen LogP contribution < -0.4 is 5.32 Å². The lowest BCUT2D eigenvalue weighted by Gasteiger charge is -2.14. The van der Waals surface area contributed by atoms with E-state index in [1.165, 1.54) is 5.69 Å². The Morgan fingerprint density at radius 1 is 1.37 bits per heavy atom. The monoisotopic (exact) mass is 261 g/mol. The highest BCUT2D eigenvalue weighted by molar-refractivity contribution is 5.37. The zero-order valence-corrected chi connectivity index (χ0v) is 12.2. The molecule has 19 heavy (non-hydrogen) atoms. The summed E-state index contributed by atoms with van der Waals surface area (Å²) in [4.78, 5) is 0. The predicted molar refractivity (Wildman–Crippen MR) is 77.2 cm³/mol. The van der Waals surface area contributed by atoms with Crippen LogP contribution in [0.25, 0.3) is 0 Å². The molecule has 0 aliphatic rings. The van der Waals surface area contributed by atoms with Crippen molar-refractivity contribution in [3.63, 3.8) is 0 Å². The Morgan fingerprint density at radius 3 is 2.84 bits per heavy atom. The summed E-state index contributed by atoms with van der Waals surface area (Å²) < 4.78 is 4.08. The summed E-state index contributed by atoms with van der Waals surface area (Å²) in [6.07, 6.45) is 2.95. The maximum absolute atomic E-state index is 4.43. The van der Waals surface area contributed by atoms with Gasteiger partial charge in [-0.05, 0) is 33.3 Å². The Bertz CT molecular complexity index is 526. The molecule has 0 aliphatic carbocycles. The van der Waals surface area contributed by atoms with Crippen LogP contribution in [0.3, 0.4) is 0 Å². The third-order valence-electron chi connectivity index (χ3n) is 3.41. The molecule has 1 unspecified atom stereocenters. The molecule has 2 rings (SSSR count). The lowest BCUT2D eigenvalue weighted by atomic mass is 10.2. The molecule has 2 heterocycles. The van der Waals surface area contributed by atoms with Crippen LogP contribution in [-0.4, -0.2) is 19.6 Å². The Balaban J connectivity index is 2.08. The zero-order valence-electron chi connectivity index (χ0n) is 12.2. The van der Waals surface area contributed by atoms with Crippen LogP contribution in [0.5, 0.6) is 0 Å². The maximum Gasteiger partial charge on any atom is 0.124 e. The minimum Gasteiger partial charge on any atom is -0.365 e. The van der Waals surface area contributed by atoms with Crippen LogP contribution in [0.2, 0.25) is 0 Å². The number of nitrogens with zero attached hydrogens (tertiary/aromatic N) is 4. The number of hydrogen-bond donors (Lipinski definition) is 1. The number of aryl methyl sites for hydroxylation is 2. The highest BCUT2D eigenvalue weighted by atomic mass is 15.3. The summed E-state index contributed by atoms with van der Waals surface area (Å²) >= 11 is 0. The van der Waals surface area contributed by atoms with Gasteiger partial charge in [-0.1, -0.05) is 6.92 Å². The fraction of sp³-hybridized carbons (Fsp3) is 0.571. The van der Waals surface area contributed by atoms with Gasteiger partial charge >= 0.3 is 0 Å². The van der Waals surface area contributed by atoms with Crippen LogP contribution >= 0.6 is 0 Å². The number of rotatable bonds is 6. The molecule has 0 radical (unpaired) electrons. The molecule has 0 amide bonds. The molecule has 0 saturated carbocycles. The predicted octanol–water partition coefficient (Wildman–Crippen LogP) is 2.99. The average molecular weight is 261 g/mol. The molecule has 0 fully saturated rings. The summed E-state index contributed by atoms with van der Waals surface area (Å²) in [5.74, 6) is 1.07. The van der Waals surface area contributed by atoms with Crippen LogP contribution in [0.1, 0.15) is 44.6 Å². The first-order chi connectivity index (χ1) is 9.15. The molecule has 1 N–H and O–H groups in total. The van der Waals surface area contributed by atoms with E-state index in [1.54, 1.807) is 0 Å². The number of anilines is 1. The van der Waals surface area contributed by atoms with E-state index in [0.29, 0.717) is 6.04 Å². The van der Waals surface area contributed by atoms with E-state index < -0.39 is 0 Å². The first-order valence-electron chi connectivity index (χ1n) is 6.96. The van der Waals surface area contributed by atoms with Gasteiger partial charge in [0, 0.05) is 24.8 Å². The smallest absolute Gasteiger partial charge is 0.124 e. The maximum atomic E-state index is 4.43. The van der Waals surface area contributed by atoms with Gasteiger partial charge in [-0.2, -0.15) is 10.2 Å². The minimum absolute atomic E-state index is 0.435. The number of aromatic nitrogens is 4. The summed E-state index contributed by atoms with van der Waals surface area (Å²) in [5.41, 5.74) is 2.25. The van der Waals surface area contributed by atoms with E-state index >= 15 is 0 Å². The second kappa shape index (κ2) is 5.91. The van der Waals surface area contributed by atoms with Gasteiger partial charge in [-0.15, -0.1) is 0 Å². The topological polar surface area (TPSA) is 47.7 Å². The van der Waals surface area contributed by atoms with E-state index in [-0.39, 0.29) is 0 Å². The first kappa shape index (κ1) is 13.6. The summed E-state index contributed by atoms with van der Waals surface area (Å²) in [5, 5.41) is 12.3. The van der Waals surface area contributed by atoms with Crippen molar-refractivity contribution in [2.75, 3.05) is 5.32 Å². The summed E-state index contributed by atoms with van der Waals surface area (Å²) in [6.45, 7) is 10.1. The highest BCUT2D eigenvalue weighted by Crippen LogP contribution is 2.15. The third kappa shape index (κ3) is 2.97. The Hall–Kier alpha value is -1.78. The summed E-state index contributed by atoms with van der Waals surface area (Å²) in [7, 11) is 0. The van der Waals surface area contributed by atoms with Gasteiger partial charge < -0.3 is 5.32 Å². The van der Waals surface area contributed by atoms with Gasteiger partial charge in [0.15, 0.2) is 0 Å². The summed E-state index contributed by atoms with van der Waals surface area (Å²) in [6, 6.07) is 4.58. The molecular weight excluding hydrogens is 238 g/mol. The van der Waals surface area contributed by atoms with Crippen molar-refractivity contribution in [1.29, 1.82) is 0 Å². The fourth-order valence-corrected chi connectivity index (χ4v) is 2.16. The lowest BCUT2D eigenvalue weighted by Crippen LogP contribution is -2.14. The molecule has 104 valence electrons. The molecular formula is C14H23N5. The number of hydrogen-bond acceptors (Lipinski definition) is 3. The molecule has 5 heteroatoms. The van der Waals surface area contributed by atoms with Gasteiger partial charge in [0.2, 0.25) is 0 Å². The molecule has 0 spiro atoms. The third-order valence-corrected chi connectivity index (χ3v) is 3.41. The first-order valence-corrected chi connectivity index (χ1v) is 6.96. The lowest BCUT2D eigenvalue weighted by molar-refractivity contribution is 0.462. The second-order valence-corrected chi connectivity index (χ2v) is 4.86. The van der Waals surface area contributed by atoms with Crippen LogP contribution in [-0.2, 0) is 13.1 Å². The number of nitrogens with one attached hydrogen (secondary N) is 1. The van der Waals surface area contributed by atoms with Crippen LogP contribution in [0.4, 0.5) is 5.82 Å². The Kier molecular flexibility index (Phi) is 4.24. The van der Waals surface area contributed by atoms with E-state index in [0.717, 1.165) is 31.0 Å². The molecule has 0 aromatic carbocycles. The van der Waals surface area contributed by atoms with E-state index in [4.69, 9.17) is 0 Å². The van der Waals surface area contributed by atoms with Crippen molar-refractivity contribution < 1.29 is 0 Å². The molecule has 0 bridgehead atoms. The SMILES string of the molecule is CCC(C)n1nccc1CNc1cc(C)nn1CC. The fourth-order valence-electron chi connectivity index (χ4n) is 2.16. The van der Waals surface area contributed by atoms with Crippen LogP contribution in [0, 0.1) is 6.92 Å². The molecule has 0 saturated heterocycles. The normalized spacial score (nSPS) is 12.6. The van der Waals surface area contributed by atoms with Gasteiger partial charge in [-0.25, -0.2) is 4.68 Å². The van der Waals surface area contributed by atoms with Gasteiger partial charge in [-0.3, -0.25) is 4.68 Å². The minimum atomic E-state index is 0.435. The second-order valence-electron chi connectivity index (χ2n) is 4.86. The van der Waals surface area contributed by atoms with E-state index in [2.05, 4.69) is 53.1 Å². The van der Waals surface area contributed by atoms with Crippen molar-refractivity contribution in [1.82, 2.24) is 19.6 Å². The molecule has 5 nitrogen and oxygen atoms in total.